The van der Waals surface area contributed by atoms with Crippen LogP contribution in [0, 0.1) is 12.7 Å². The number of cyclic esters (lactones) is 1. The number of carbonyl (C=O) groups excluding carboxylic acids is 2. The van der Waals surface area contributed by atoms with Crippen molar-refractivity contribution in [3.63, 3.8) is 0 Å². The number of ether oxygens (including phenoxy) is 2. The summed E-state index contributed by atoms with van der Waals surface area (Å²) in [5.74, 6) is -0.307. The van der Waals surface area contributed by atoms with E-state index in [4.69, 9.17) is 13.9 Å². The molecule has 0 spiro atoms. The zero-order chi connectivity index (χ0) is 23.8. The highest BCUT2D eigenvalue weighted by Crippen LogP contribution is 2.32. The molecular weight excluding hydrogens is 445 g/mol. The number of halogens is 1. The van der Waals surface area contributed by atoms with Gasteiger partial charge in [0.1, 0.15) is 23.6 Å². The summed E-state index contributed by atoms with van der Waals surface area (Å²) < 4.78 is 31.0. The highest BCUT2D eigenvalue weighted by Gasteiger charge is 2.43. The maximum Gasteiger partial charge on any atom is 0.417 e. The Hall–Kier alpha value is -3.86. The van der Waals surface area contributed by atoms with Gasteiger partial charge in [-0.2, -0.15) is 0 Å². The van der Waals surface area contributed by atoms with Gasteiger partial charge in [0, 0.05) is 24.2 Å². The average molecular weight is 467 g/mol. The largest absolute Gasteiger partial charge is 0.422 e. The number of nitrogens with zero attached hydrogens (tertiary/aromatic N) is 4. The Bertz CT molecular complexity index is 1220. The van der Waals surface area contributed by atoms with Gasteiger partial charge in [0.2, 0.25) is 5.89 Å². The van der Waals surface area contributed by atoms with E-state index in [-0.39, 0.29) is 5.89 Å². The fraction of sp³-hybridized carbons (Fsp3) is 0.348. The van der Waals surface area contributed by atoms with Gasteiger partial charge in [-0.05, 0) is 50.6 Å². The number of aromatic nitrogens is 3. The summed E-state index contributed by atoms with van der Waals surface area (Å²) in [7, 11) is 0. The van der Waals surface area contributed by atoms with Crippen molar-refractivity contribution in [2.24, 2.45) is 0 Å². The molecule has 5 rings (SSSR count). The molecule has 2 fully saturated rings. The Balaban J connectivity index is 1.32. The van der Waals surface area contributed by atoms with Crippen LogP contribution in [-0.4, -0.2) is 52.2 Å². The van der Waals surface area contributed by atoms with Crippen LogP contribution in [0.3, 0.4) is 0 Å². The number of carbonyl (C=O) groups is 2. The van der Waals surface area contributed by atoms with Gasteiger partial charge in [0.05, 0.1) is 5.69 Å². The molecule has 176 valence electrons. The minimum absolute atomic E-state index is 0.278. The van der Waals surface area contributed by atoms with Crippen LogP contribution in [0.2, 0.25) is 0 Å². The predicted molar refractivity (Wildman–Crippen MR) is 117 cm³/mol. The molecule has 34 heavy (non-hydrogen) atoms. The third-order valence-corrected chi connectivity index (χ3v) is 5.84. The smallest absolute Gasteiger partial charge is 0.417 e. The Morgan fingerprint density at radius 2 is 2.12 bits per heavy atom. The van der Waals surface area contributed by atoms with E-state index in [0.717, 1.165) is 13.0 Å². The first kappa shape index (κ1) is 22.0. The normalized spacial score (nSPS) is 22.1. The standard InChI is InChI=1S/C23H22FN5O5/c1-12-22(33-21(30)19-4-3-9-25-19)34-23(31)29(12)15-6-7-16(17(24)10-15)14-5-8-18(26-11-14)20-28-27-13(2)32-20/h5-8,10-12,19,22,25H,3-4,9H2,1-2H3/t12-,19+,22?/m1/s1. The van der Waals surface area contributed by atoms with Crippen molar-refractivity contribution in [1.29, 1.82) is 0 Å². The van der Waals surface area contributed by atoms with Crippen molar-refractivity contribution in [1.82, 2.24) is 20.5 Å². The second-order valence-electron chi connectivity index (χ2n) is 8.17. The van der Waals surface area contributed by atoms with Crippen LogP contribution in [0.15, 0.2) is 40.9 Å². The number of hydrogen-bond acceptors (Lipinski definition) is 9. The monoisotopic (exact) mass is 467 g/mol. The quantitative estimate of drug-likeness (QED) is 0.564. The summed E-state index contributed by atoms with van der Waals surface area (Å²) in [6.07, 6.45) is 1.28. The fourth-order valence-electron chi connectivity index (χ4n) is 4.06. The van der Waals surface area contributed by atoms with Gasteiger partial charge in [-0.1, -0.05) is 6.07 Å². The molecule has 10 nitrogen and oxygen atoms in total. The van der Waals surface area contributed by atoms with Crippen molar-refractivity contribution in [2.45, 2.75) is 45.1 Å². The van der Waals surface area contributed by atoms with Crippen LogP contribution in [0.5, 0.6) is 0 Å². The number of hydrogen-bond donors (Lipinski definition) is 1. The first-order valence-corrected chi connectivity index (χ1v) is 10.9. The molecule has 4 heterocycles. The molecule has 0 aliphatic carbocycles. The predicted octanol–water partition coefficient (Wildman–Crippen LogP) is 3.21. The number of nitrogens with one attached hydrogen (secondary N) is 1. The van der Waals surface area contributed by atoms with Gasteiger partial charge in [-0.15, -0.1) is 10.2 Å². The van der Waals surface area contributed by atoms with Gasteiger partial charge in [0.15, 0.2) is 0 Å². The van der Waals surface area contributed by atoms with Gasteiger partial charge in [-0.3, -0.25) is 14.7 Å². The zero-order valence-electron chi connectivity index (χ0n) is 18.5. The molecule has 1 N–H and O–H groups in total. The lowest BCUT2D eigenvalue weighted by Gasteiger charge is -2.21. The summed E-state index contributed by atoms with van der Waals surface area (Å²) in [6.45, 7) is 4.10. The summed E-state index contributed by atoms with van der Waals surface area (Å²) in [6, 6.07) is 6.73. The summed E-state index contributed by atoms with van der Waals surface area (Å²) in [5.41, 5.74) is 1.61. The molecule has 2 aromatic heterocycles. The Morgan fingerprint density at radius 1 is 1.26 bits per heavy atom. The molecule has 1 unspecified atom stereocenters. The average Bonchev–Trinajstić information content (AvgIpc) is 3.56. The SMILES string of the molecule is Cc1nnc(-c2ccc(-c3ccc(N4C(=O)OC(OC(=O)[C@@H]5CCCN5)[C@H]4C)cc3F)cn2)o1. The highest BCUT2D eigenvalue weighted by atomic mass is 19.1. The second kappa shape index (κ2) is 8.82. The molecule has 3 aromatic rings. The molecule has 1 aromatic carbocycles. The van der Waals surface area contributed by atoms with E-state index in [1.54, 1.807) is 38.1 Å². The van der Waals surface area contributed by atoms with Crippen molar-refractivity contribution in [2.75, 3.05) is 11.4 Å². The molecule has 2 aliphatic heterocycles. The van der Waals surface area contributed by atoms with Crippen LogP contribution in [-0.2, 0) is 14.3 Å². The van der Waals surface area contributed by atoms with Crippen LogP contribution in [0.25, 0.3) is 22.7 Å². The molecular formula is C23H22FN5O5. The fourth-order valence-corrected chi connectivity index (χ4v) is 4.06. The number of anilines is 1. The molecule has 11 heteroatoms. The topological polar surface area (TPSA) is 120 Å². The Morgan fingerprint density at radius 3 is 2.76 bits per heavy atom. The number of rotatable bonds is 5. The van der Waals surface area contributed by atoms with E-state index in [2.05, 4.69) is 20.5 Å². The highest BCUT2D eigenvalue weighted by molar-refractivity contribution is 5.91. The third-order valence-electron chi connectivity index (χ3n) is 5.84. The minimum Gasteiger partial charge on any atom is -0.422 e. The maximum atomic E-state index is 15.0. The van der Waals surface area contributed by atoms with E-state index >= 15 is 4.39 Å². The minimum atomic E-state index is -1.07. The third kappa shape index (κ3) is 4.10. The first-order chi connectivity index (χ1) is 16.4. The molecule has 1 amide bonds. The maximum absolute atomic E-state index is 15.0. The zero-order valence-corrected chi connectivity index (χ0v) is 18.5. The van der Waals surface area contributed by atoms with Gasteiger partial charge in [-0.25, -0.2) is 9.18 Å². The molecule has 2 saturated heterocycles. The Kier molecular flexibility index (Phi) is 5.70. The first-order valence-electron chi connectivity index (χ1n) is 10.9. The number of pyridine rings is 1. The van der Waals surface area contributed by atoms with Crippen LogP contribution < -0.4 is 10.2 Å². The number of aryl methyl sites for hydroxylation is 1. The van der Waals surface area contributed by atoms with E-state index in [0.29, 0.717) is 34.8 Å². The molecule has 0 bridgehead atoms. The van der Waals surface area contributed by atoms with Crippen molar-refractivity contribution in [3.8, 4) is 22.7 Å². The summed E-state index contributed by atoms with van der Waals surface area (Å²) in [5, 5.41) is 10.7. The number of benzene rings is 1. The lowest BCUT2D eigenvalue weighted by Crippen LogP contribution is -2.40. The summed E-state index contributed by atoms with van der Waals surface area (Å²) in [4.78, 5) is 30.3. The van der Waals surface area contributed by atoms with E-state index in [9.17, 15) is 9.59 Å². The molecule has 3 atom stereocenters. The number of amides is 1. The Labute approximate surface area is 194 Å². The lowest BCUT2D eigenvalue weighted by molar-refractivity contribution is -0.167. The van der Waals surface area contributed by atoms with Crippen LogP contribution in [0.4, 0.5) is 14.9 Å². The van der Waals surface area contributed by atoms with E-state index in [1.165, 1.54) is 17.2 Å². The lowest BCUT2D eigenvalue weighted by atomic mass is 10.1. The van der Waals surface area contributed by atoms with Gasteiger partial charge >= 0.3 is 12.1 Å². The molecule has 2 aliphatic rings. The molecule has 0 radical (unpaired) electrons. The molecule has 0 saturated carbocycles. The van der Waals surface area contributed by atoms with Crippen LogP contribution in [0.1, 0.15) is 25.7 Å². The summed E-state index contributed by atoms with van der Waals surface area (Å²) >= 11 is 0. The van der Waals surface area contributed by atoms with Gasteiger partial charge < -0.3 is 19.2 Å². The second-order valence-corrected chi connectivity index (χ2v) is 8.17. The van der Waals surface area contributed by atoms with Crippen molar-refractivity contribution >= 4 is 17.7 Å². The van der Waals surface area contributed by atoms with Crippen molar-refractivity contribution < 1.29 is 27.9 Å². The van der Waals surface area contributed by atoms with E-state index in [1.807, 2.05) is 0 Å². The number of esters is 1. The van der Waals surface area contributed by atoms with E-state index < -0.39 is 36.3 Å². The van der Waals surface area contributed by atoms with Gasteiger partial charge in [0.25, 0.3) is 12.2 Å². The van der Waals surface area contributed by atoms with Crippen LogP contribution >= 0.6 is 0 Å². The van der Waals surface area contributed by atoms with Crippen molar-refractivity contribution in [3.05, 3.63) is 48.2 Å².